The summed E-state index contributed by atoms with van der Waals surface area (Å²) in [7, 11) is 0. The first-order valence-electron chi connectivity index (χ1n) is 5.81. The number of rotatable bonds is 3. The van der Waals surface area contributed by atoms with Crippen LogP contribution in [0, 0.1) is 0 Å². The minimum atomic E-state index is -2.02. The zero-order valence-corrected chi connectivity index (χ0v) is 14.0. The van der Waals surface area contributed by atoms with Crippen molar-refractivity contribution in [3.63, 3.8) is 0 Å². The molecule has 0 fully saturated rings. The number of benzene rings is 1. The van der Waals surface area contributed by atoms with Crippen LogP contribution in [0.1, 0.15) is 13.3 Å². The lowest BCUT2D eigenvalue weighted by molar-refractivity contribution is -0.119. The molecule has 3 N–H and O–H groups in total. The number of anilines is 2. The van der Waals surface area contributed by atoms with E-state index in [-0.39, 0.29) is 11.0 Å². The van der Waals surface area contributed by atoms with Gasteiger partial charge in [-0.25, -0.2) is 0 Å². The molecule has 0 spiro atoms. The van der Waals surface area contributed by atoms with E-state index in [0.29, 0.717) is 17.8 Å². The van der Waals surface area contributed by atoms with Crippen LogP contribution in [0.5, 0.6) is 0 Å². The summed E-state index contributed by atoms with van der Waals surface area (Å²) in [5.41, 5.74) is 1.10. The van der Waals surface area contributed by atoms with Crippen LogP contribution in [0.2, 0.25) is 0 Å². The maximum atomic E-state index is 11.5. The fourth-order valence-corrected chi connectivity index (χ4v) is 1.59. The van der Waals surface area contributed by atoms with Gasteiger partial charge in [0.1, 0.15) is 0 Å². The zero-order chi connectivity index (χ0) is 16.0. The third-order valence-electron chi connectivity index (χ3n) is 2.23. The Kier molecular flexibility index (Phi) is 6.67. The Bertz CT molecular complexity index is 544. The average molecular weight is 369 g/mol. The van der Waals surface area contributed by atoms with Gasteiger partial charge in [0.25, 0.3) is 9.70 Å². The Hall–Kier alpha value is -1.08. The Labute approximate surface area is 142 Å². The van der Waals surface area contributed by atoms with Gasteiger partial charge in [0.2, 0.25) is 5.91 Å². The van der Waals surface area contributed by atoms with Crippen molar-refractivity contribution in [2.24, 2.45) is 0 Å². The molecule has 0 radical (unpaired) electrons. The molecular weight excluding hydrogens is 357 g/mol. The van der Waals surface area contributed by atoms with Crippen LogP contribution in [-0.2, 0) is 9.59 Å². The maximum Gasteiger partial charge on any atom is 0.276 e. The lowest BCUT2D eigenvalue weighted by Gasteiger charge is -2.12. The predicted molar refractivity (Wildman–Crippen MR) is 90.0 cm³/mol. The second kappa shape index (κ2) is 7.79. The van der Waals surface area contributed by atoms with Crippen LogP contribution in [0.4, 0.5) is 11.4 Å². The molecule has 0 unspecified atom stereocenters. The molecule has 0 atom stereocenters. The Morgan fingerprint density at radius 2 is 1.57 bits per heavy atom. The summed E-state index contributed by atoms with van der Waals surface area (Å²) in [6.07, 6.45) is 0.337. The van der Waals surface area contributed by atoms with E-state index in [2.05, 4.69) is 16.0 Å². The highest BCUT2D eigenvalue weighted by molar-refractivity contribution is 7.80. The van der Waals surface area contributed by atoms with Gasteiger partial charge in [-0.2, -0.15) is 0 Å². The molecule has 2 amide bonds. The van der Waals surface area contributed by atoms with Crippen LogP contribution < -0.4 is 16.0 Å². The molecule has 0 aliphatic rings. The number of amides is 2. The van der Waals surface area contributed by atoms with E-state index in [1.54, 1.807) is 31.2 Å². The van der Waals surface area contributed by atoms with Gasteiger partial charge >= 0.3 is 0 Å². The van der Waals surface area contributed by atoms with E-state index in [9.17, 15) is 9.59 Å². The summed E-state index contributed by atoms with van der Waals surface area (Å²) in [5.74, 6) is -0.932. The largest absolute Gasteiger partial charge is 0.332 e. The molecule has 114 valence electrons. The molecule has 21 heavy (non-hydrogen) atoms. The van der Waals surface area contributed by atoms with E-state index in [0.717, 1.165) is 0 Å². The third kappa shape index (κ3) is 6.48. The van der Waals surface area contributed by atoms with Gasteiger partial charge in [0.15, 0.2) is 5.11 Å². The van der Waals surface area contributed by atoms with E-state index >= 15 is 0 Å². The molecule has 0 bridgehead atoms. The minimum absolute atomic E-state index is 0.181. The number of halogens is 3. The smallest absolute Gasteiger partial charge is 0.276 e. The summed E-state index contributed by atoms with van der Waals surface area (Å²) >= 11 is 21.3. The van der Waals surface area contributed by atoms with Crippen molar-refractivity contribution in [3.05, 3.63) is 24.3 Å². The molecule has 0 saturated carbocycles. The molecule has 5 nitrogen and oxygen atoms in total. The van der Waals surface area contributed by atoms with Crippen molar-refractivity contribution in [3.8, 4) is 0 Å². The van der Waals surface area contributed by atoms with Gasteiger partial charge in [0, 0.05) is 17.8 Å². The number of hydrogen-bond acceptors (Lipinski definition) is 3. The molecule has 0 heterocycles. The quantitative estimate of drug-likeness (QED) is 0.566. The molecular formula is C12H12Cl3N3O2S. The predicted octanol–water partition coefficient (Wildman–Crippen LogP) is 3.22. The van der Waals surface area contributed by atoms with Crippen LogP contribution in [0.15, 0.2) is 24.3 Å². The van der Waals surface area contributed by atoms with Crippen molar-refractivity contribution >= 4 is 75.3 Å². The number of hydrogen-bond donors (Lipinski definition) is 3. The number of thiocarbonyl (C=S) groups is 1. The summed E-state index contributed by atoms with van der Waals surface area (Å²) in [6, 6.07) is 6.50. The van der Waals surface area contributed by atoms with Crippen LogP contribution >= 0.6 is 47.0 Å². The van der Waals surface area contributed by atoms with Crippen LogP contribution in [0.3, 0.4) is 0 Å². The second-order valence-electron chi connectivity index (χ2n) is 3.89. The Morgan fingerprint density at radius 3 is 2.00 bits per heavy atom. The molecule has 1 aromatic carbocycles. The topological polar surface area (TPSA) is 70.2 Å². The lowest BCUT2D eigenvalue weighted by Crippen LogP contribution is -2.33. The number of carbonyl (C=O) groups excluding carboxylic acids is 2. The summed E-state index contributed by atoms with van der Waals surface area (Å²) in [5, 5.41) is 7.96. The van der Waals surface area contributed by atoms with Gasteiger partial charge in [0.05, 0.1) is 0 Å². The van der Waals surface area contributed by atoms with Gasteiger partial charge < -0.3 is 16.0 Å². The standard InChI is InChI=1S/C12H12Cl3N3O2S/c1-2-9(19)18-11(21)17-8-5-3-7(4-6-8)16-10(20)12(13,14)15/h3-6H,2H2,1H3,(H,16,20)(H2,17,18,19,21). The minimum Gasteiger partial charge on any atom is -0.332 e. The Balaban J connectivity index is 2.60. The van der Waals surface area contributed by atoms with Gasteiger partial charge in [-0.3, -0.25) is 9.59 Å². The van der Waals surface area contributed by atoms with Crippen molar-refractivity contribution in [1.29, 1.82) is 0 Å². The summed E-state index contributed by atoms with van der Waals surface area (Å²) in [4.78, 5) is 22.6. The SMILES string of the molecule is CCC(=O)NC(=S)Nc1ccc(NC(=O)C(Cl)(Cl)Cl)cc1. The zero-order valence-electron chi connectivity index (χ0n) is 10.9. The first-order chi connectivity index (χ1) is 9.72. The number of alkyl halides is 3. The fraction of sp³-hybridized carbons (Fsp3) is 0.250. The van der Waals surface area contributed by atoms with Crippen molar-refractivity contribution in [1.82, 2.24) is 5.32 Å². The highest BCUT2D eigenvalue weighted by Gasteiger charge is 2.30. The number of nitrogens with one attached hydrogen (secondary N) is 3. The fourth-order valence-electron chi connectivity index (χ4n) is 1.22. The van der Waals surface area contributed by atoms with Gasteiger partial charge in [-0.15, -0.1) is 0 Å². The third-order valence-corrected chi connectivity index (χ3v) is 2.95. The molecule has 0 saturated heterocycles. The molecule has 1 aromatic rings. The lowest BCUT2D eigenvalue weighted by atomic mass is 10.3. The van der Waals surface area contributed by atoms with E-state index in [1.807, 2.05) is 0 Å². The van der Waals surface area contributed by atoms with E-state index in [1.165, 1.54) is 0 Å². The second-order valence-corrected chi connectivity index (χ2v) is 6.57. The molecule has 0 aliphatic carbocycles. The average Bonchev–Trinajstić information content (AvgIpc) is 2.39. The normalized spacial score (nSPS) is 10.7. The van der Waals surface area contributed by atoms with E-state index in [4.69, 9.17) is 47.0 Å². The Morgan fingerprint density at radius 1 is 1.10 bits per heavy atom. The molecule has 0 aromatic heterocycles. The highest BCUT2D eigenvalue weighted by atomic mass is 35.6. The van der Waals surface area contributed by atoms with Crippen molar-refractivity contribution in [2.75, 3.05) is 10.6 Å². The molecule has 9 heteroatoms. The first-order valence-corrected chi connectivity index (χ1v) is 7.35. The maximum absolute atomic E-state index is 11.5. The van der Waals surface area contributed by atoms with Crippen molar-refractivity contribution < 1.29 is 9.59 Å². The molecule has 1 rings (SSSR count). The monoisotopic (exact) mass is 367 g/mol. The van der Waals surface area contributed by atoms with Gasteiger partial charge in [-0.05, 0) is 36.5 Å². The first kappa shape index (κ1) is 18.0. The van der Waals surface area contributed by atoms with E-state index < -0.39 is 9.70 Å². The van der Waals surface area contributed by atoms with Crippen LogP contribution in [0.25, 0.3) is 0 Å². The molecule has 0 aliphatic heterocycles. The van der Waals surface area contributed by atoms with Gasteiger partial charge in [-0.1, -0.05) is 41.7 Å². The summed E-state index contributed by atoms with van der Waals surface area (Å²) < 4.78 is -2.02. The van der Waals surface area contributed by atoms with Crippen LogP contribution in [-0.4, -0.2) is 20.7 Å². The number of carbonyl (C=O) groups is 2. The van der Waals surface area contributed by atoms with Crippen molar-refractivity contribution in [2.45, 2.75) is 17.1 Å². The highest BCUT2D eigenvalue weighted by Crippen LogP contribution is 2.27. The summed E-state index contributed by atoms with van der Waals surface area (Å²) in [6.45, 7) is 1.72.